The fourth-order valence-electron chi connectivity index (χ4n) is 3.39. The van der Waals surface area contributed by atoms with E-state index >= 15 is 0 Å². The molecule has 2 aliphatic rings. The second-order valence-electron chi connectivity index (χ2n) is 5.96. The molecule has 1 heterocycles. The van der Waals surface area contributed by atoms with Crippen LogP contribution in [0.4, 0.5) is 0 Å². The van der Waals surface area contributed by atoms with Crippen molar-refractivity contribution in [1.82, 2.24) is 5.32 Å². The van der Waals surface area contributed by atoms with Gasteiger partial charge < -0.3 is 10.4 Å². The van der Waals surface area contributed by atoms with E-state index in [-0.39, 0.29) is 6.10 Å². The van der Waals surface area contributed by atoms with Crippen molar-refractivity contribution in [1.29, 1.82) is 0 Å². The summed E-state index contributed by atoms with van der Waals surface area (Å²) in [5.74, 6) is 0.739. The summed E-state index contributed by atoms with van der Waals surface area (Å²) in [5.41, 5.74) is 1.44. The van der Waals surface area contributed by atoms with E-state index in [2.05, 4.69) is 11.4 Å². The zero-order valence-corrected chi connectivity index (χ0v) is 12.8. The molecule has 1 aromatic rings. The van der Waals surface area contributed by atoms with Gasteiger partial charge in [-0.25, -0.2) is 0 Å². The molecule has 0 saturated heterocycles. The lowest BCUT2D eigenvalue weighted by Crippen LogP contribution is -2.31. The predicted molar refractivity (Wildman–Crippen MR) is 81.0 cm³/mol. The molecule has 0 bridgehead atoms. The maximum atomic E-state index is 9.54. The van der Waals surface area contributed by atoms with E-state index in [4.69, 9.17) is 11.6 Å². The molecule has 3 rings (SSSR count). The molecule has 1 saturated carbocycles. The van der Waals surface area contributed by atoms with Crippen LogP contribution in [-0.4, -0.2) is 17.8 Å². The van der Waals surface area contributed by atoms with Crippen molar-refractivity contribution < 1.29 is 5.11 Å². The first-order chi connectivity index (χ1) is 9.22. The molecule has 1 aromatic heterocycles. The smallest absolute Gasteiger partial charge is 0.0934 e. The minimum absolute atomic E-state index is 0.0480. The normalized spacial score (nSPS) is 31.2. The first-order valence-electron chi connectivity index (χ1n) is 7.42. The van der Waals surface area contributed by atoms with Gasteiger partial charge in [-0.3, -0.25) is 0 Å². The zero-order chi connectivity index (χ0) is 13.2. The van der Waals surface area contributed by atoms with Crippen LogP contribution in [0.1, 0.15) is 55.0 Å². The summed E-state index contributed by atoms with van der Waals surface area (Å²) >= 11 is 7.89. The minimum Gasteiger partial charge on any atom is -0.393 e. The number of nitrogens with one attached hydrogen (secondary N) is 1. The van der Waals surface area contributed by atoms with Gasteiger partial charge in [0.2, 0.25) is 0 Å². The number of thiophene rings is 1. The first-order valence-corrected chi connectivity index (χ1v) is 8.61. The quantitative estimate of drug-likeness (QED) is 0.886. The van der Waals surface area contributed by atoms with Crippen molar-refractivity contribution in [3.8, 4) is 0 Å². The van der Waals surface area contributed by atoms with Crippen LogP contribution in [0.15, 0.2) is 6.07 Å². The molecule has 0 aliphatic heterocycles. The van der Waals surface area contributed by atoms with Gasteiger partial charge in [-0.2, -0.15) is 0 Å². The highest BCUT2D eigenvalue weighted by molar-refractivity contribution is 7.16. The largest absolute Gasteiger partial charge is 0.393 e. The van der Waals surface area contributed by atoms with Crippen LogP contribution in [0.25, 0.3) is 0 Å². The van der Waals surface area contributed by atoms with Gasteiger partial charge in [0.15, 0.2) is 0 Å². The molecule has 0 radical (unpaired) electrons. The van der Waals surface area contributed by atoms with Crippen LogP contribution < -0.4 is 5.32 Å². The number of aliphatic hydroxyl groups excluding tert-OH is 1. The van der Waals surface area contributed by atoms with E-state index in [0.717, 1.165) is 42.5 Å². The Morgan fingerprint density at radius 1 is 1.26 bits per heavy atom. The molecule has 1 atom stereocenters. The van der Waals surface area contributed by atoms with Crippen molar-refractivity contribution >= 4 is 22.9 Å². The molecule has 2 aliphatic carbocycles. The van der Waals surface area contributed by atoms with Gasteiger partial charge in [-0.1, -0.05) is 11.6 Å². The van der Waals surface area contributed by atoms with Gasteiger partial charge in [0.05, 0.1) is 10.4 Å². The number of aryl methyl sites for hydroxylation is 1. The Morgan fingerprint density at radius 3 is 2.84 bits per heavy atom. The van der Waals surface area contributed by atoms with Crippen LogP contribution in [0.3, 0.4) is 0 Å². The van der Waals surface area contributed by atoms with Crippen LogP contribution in [0, 0.1) is 5.92 Å². The van der Waals surface area contributed by atoms with E-state index in [1.54, 1.807) is 11.3 Å². The minimum atomic E-state index is -0.0480. The monoisotopic (exact) mass is 299 g/mol. The lowest BCUT2D eigenvalue weighted by molar-refractivity contribution is 0.107. The summed E-state index contributed by atoms with van der Waals surface area (Å²) in [7, 11) is 0. The molecule has 1 fully saturated rings. The second-order valence-corrected chi connectivity index (χ2v) is 7.72. The van der Waals surface area contributed by atoms with Crippen LogP contribution in [0.5, 0.6) is 0 Å². The number of halogens is 1. The Hall–Kier alpha value is -0.0900. The average molecular weight is 300 g/mol. The Bertz CT molecular complexity index is 426. The third-order valence-corrected chi connectivity index (χ3v) is 5.89. The number of hydrogen-bond acceptors (Lipinski definition) is 3. The Balaban J connectivity index is 1.56. The SMILES string of the molecule is OC1CCC(CNC2CCCc3sc(Cl)cc32)CC1. The average Bonchev–Trinajstić information content (AvgIpc) is 2.79. The lowest BCUT2D eigenvalue weighted by atomic mass is 9.86. The van der Waals surface area contributed by atoms with E-state index in [1.165, 1.54) is 29.7 Å². The first kappa shape index (κ1) is 13.9. The zero-order valence-electron chi connectivity index (χ0n) is 11.2. The maximum Gasteiger partial charge on any atom is 0.0934 e. The highest BCUT2D eigenvalue weighted by Gasteiger charge is 2.24. The van der Waals surface area contributed by atoms with Gasteiger partial charge in [-0.15, -0.1) is 11.3 Å². The summed E-state index contributed by atoms with van der Waals surface area (Å²) in [6.45, 7) is 1.09. The summed E-state index contributed by atoms with van der Waals surface area (Å²) in [6.07, 6.45) is 7.93. The molecular formula is C15H22ClNOS. The van der Waals surface area contributed by atoms with Crippen molar-refractivity contribution in [2.24, 2.45) is 5.92 Å². The van der Waals surface area contributed by atoms with Crippen molar-refractivity contribution in [3.63, 3.8) is 0 Å². The third-order valence-electron chi connectivity index (χ3n) is 4.55. The predicted octanol–water partition coefficient (Wildman–Crippen LogP) is 3.92. The molecule has 19 heavy (non-hydrogen) atoms. The number of fused-ring (bicyclic) bond motifs is 1. The third kappa shape index (κ3) is 3.33. The summed E-state index contributed by atoms with van der Waals surface area (Å²) in [4.78, 5) is 1.48. The summed E-state index contributed by atoms with van der Waals surface area (Å²) in [6, 6.07) is 2.66. The molecule has 1 unspecified atom stereocenters. The molecule has 106 valence electrons. The van der Waals surface area contributed by atoms with Crippen molar-refractivity contribution in [3.05, 3.63) is 20.8 Å². The van der Waals surface area contributed by atoms with E-state index in [1.807, 2.05) is 0 Å². The Morgan fingerprint density at radius 2 is 2.05 bits per heavy atom. The van der Waals surface area contributed by atoms with Crippen LogP contribution in [0.2, 0.25) is 4.34 Å². The van der Waals surface area contributed by atoms with Crippen molar-refractivity contribution in [2.75, 3.05) is 6.54 Å². The fourth-order valence-corrected chi connectivity index (χ4v) is 4.77. The summed E-state index contributed by atoms with van der Waals surface area (Å²) in [5, 5.41) is 13.3. The molecule has 0 aromatic carbocycles. The highest BCUT2D eigenvalue weighted by Crippen LogP contribution is 2.38. The fraction of sp³-hybridized carbons (Fsp3) is 0.733. The maximum absolute atomic E-state index is 9.54. The Kier molecular flexibility index (Phi) is 4.47. The van der Waals surface area contributed by atoms with Gasteiger partial charge >= 0.3 is 0 Å². The second kappa shape index (κ2) is 6.13. The number of aliphatic hydroxyl groups is 1. The van der Waals surface area contributed by atoms with E-state index in [0.29, 0.717) is 6.04 Å². The summed E-state index contributed by atoms with van der Waals surface area (Å²) < 4.78 is 0.930. The molecule has 2 N–H and O–H groups in total. The lowest BCUT2D eigenvalue weighted by Gasteiger charge is -2.29. The number of hydrogen-bond donors (Lipinski definition) is 2. The van der Waals surface area contributed by atoms with Gasteiger partial charge in [0.25, 0.3) is 0 Å². The van der Waals surface area contributed by atoms with Crippen LogP contribution >= 0.6 is 22.9 Å². The van der Waals surface area contributed by atoms with Gasteiger partial charge in [0, 0.05) is 10.9 Å². The highest BCUT2D eigenvalue weighted by atomic mass is 35.5. The molecule has 2 nitrogen and oxygen atoms in total. The standard InChI is InChI=1S/C15H22ClNOS/c16-15-8-12-13(2-1-3-14(12)19-15)17-9-10-4-6-11(18)7-5-10/h8,10-11,13,17-18H,1-7,9H2. The van der Waals surface area contributed by atoms with E-state index < -0.39 is 0 Å². The number of rotatable bonds is 3. The molecule has 4 heteroatoms. The molecule has 0 spiro atoms. The van der Waals surface area contributed by atoms with Gasteiger partial charge in [-0.05, 0) is 69.0 Å². The topological polar surface area (TPSA) is 32.3 Å². The van der Waals surface area contributed by atoms with Crippen LogP contribution in [-0.2, 0) is 6.42 Å². The van der Waals surface area contributed by atoms with Gasteiger partial charge in [0.1, 0.15) is 0 Å². The van der Waals surface area contributed by atoms with E-state index in [9.17, 15) is 5.11 Å². The van der Waals surface area contributed by atoms with Crippen molar-refractivity contribution in [2.45, 2.75) is 57.1 Å². The Labute approximate surface area is 124 Å². The molecule has 0 amide bonds. The molecular weight excluding hydrogens is 278 g/mol.